The molecular formula is C10H9N3O4. The summed E-state index contributed by atoms with van der Waals surface area (Å²) in [6, 6.07) is 4.32. The summed E-state index contributed by atoms with van der Waals surface area (Å²) in [4.78, 5) is 4.11. The van der Waals surface area contributed by atoms with E-state index in [0.717, 1.165) is 0 Å². The third kappa shape index (κ3) is 1.92. The number of para-hydroxylation sites is 1. The monoisotopic (exact) mass is 235 g/mol. The minimum Gasteiger partial charge on any atom is -0.594 e. The van der Waals surface area contributed by atoms with Crippen molar-refractivity contribution in [1.82, 2.24) is 10.1 Å². The van der Waals surface area contributed by atoms with E-state index < -0.39 is 6.01 Å². The number of aromatic hydroxyl groups is 1. The van der Waals surface area contributed by atoms with Crippen molar-refractivity contribution in [3.63, 3.8) is 0 Å². The van der Waals surface area contributed by atoms with Crippen LogP contribution in [0.25, 0.3) is 11.0 Å². The van der Waals surface area contributed by atoms with Crippen molar-refractivity contribution in [1.29, 1.82) is 0 Å². The average Bonchev–Trinajstić information content (AvgIpc) is 3.10. The standard InChI is InChI=1S/C10H9N3O4/c14-10-11-9-7(13(15)12-10)2-1-3-8(9)17-5-6-4-16-6/h1-3,6H,4-5H2,(H,11,12,14). The predicted molar refractivity (Wildman–Crippen MR) is 55.4 cm³/mol. The fourth-order valence-electron chi connectivity index (χ4n) is 1.50. The summed E-state index contributed by atoms with van der Waals surface area (Å²) in [6.45, 7) is 1.09. The number of rotatable bonds is 3. The lowest BCUT2D eigenvalue weighted by molar-refractivity contribution is -0.643. The Bertz CT molecular complexity index is 571. The van der Waals surface area contributed by atoms with Gasteiger partial charge >= 0.3 is 6.01 Å². The Labute approximate surface area is 95.8 Å². The molecule has 0 amide bonds. The van der Waals surface area contributed by atoms with Gasteiger partial charge in [0.2, 0.25) is 0 Å². The molecule has 0 spiro atoms. The lowest BCUT2D eigenvalue weighted by Gasteiger charge is -2.06. The number of epoxide rings is 1. The Balaban J connectivity index is 2.03. The molecule has 88 valence electrons. The summed E-state index contributed by atoms with van der Waals surface area (Å²) in [5.41, 5.74) is 0.535. The number of ether oxygens (including phenoxy) is 2. The van der Waals surface area contributed by atoms with Gasteiger partial charge in [-0.15, -0.1) is 0 Å². The molecule has 0 aliphatic carbocycles. The molecule has 0 saturated carbocycles. The number of nitrogens with zero attached hydrogens (tertiary/aromatic N) is 3. The van der Waals surface area contributed by atoms with Crippen LogP contribution in [0, 0.1) is 5.21 Å². The molecule has 7 nitrogen and oxygen atoms in total. The maximum absolute atomic E-state index is 11.4. The highest BCUT2D eigenvalue weighted by molar-refractivity contribution is 5.78. The molecule has 1 atom stereocenters. The van der Waals surface area contributed by atoms with Crippen molar-refractivity contribution in [2.24, 2.45) is 0 Å². The van der Waals surface area contributed by atoms with E-state index >= 15 is 0 Å². The van der Waals surface area contributed by atoms with E-state index in [4.69, 9.17) is 9.47 Å². The number of hydrogen-bond acceptors (Lipinski definition) is 6. The Hall–Kier alpha value is -2.15. The zero-order valence-corrected chi connectivity index (χ0v) is 8.74. The first kappa shape index (κ1) is 10.0. The van der Waals surface area contributed by atoms with Gasteiger partial charge in [0.25, 0.3) is 5.52 Å². The van der Waals surface area contributed by atoms with E-state index in [9.17, 15) is 10.3 Å². The fraction of sp³-hybridized carbons (Fsp3) is 0.300. The quantitative estimate of drug-likeness (QED) is 0.447. The number of aromatic nitrogens is 3. The van der Waals surface area contributed by atoms with Gasteiger partial charge in [-0.05, 0) is 10.9 Å². The van der Waals surface area contributed by atoms with Crippen LogP contribution >= 0.6 is 0 Å². The number of fused-ring (bicyclic) bond motifs is 1. The molecule has 1 N–H and O–H groups in total. The fourth-order valence-corrected chi connectivity index (χ4v) is 1.50. The van der Waals surface area contributed by atoms with Crippen molar-refractivity contribution in [2.45, 2.75) is 6.10 Å². The first-order valence-electron chi connectivity index (χ1n) is 5.08. The SMILES string of the molecule is [O-][n+]1nc(O)nc2c(OCC3CO3)cccc21. The third-order valence-corrected chi connectivity index (χ3v) is 2.40. The molecule has 2 heterocycles. The van der Waals surface area contributed by atoms with Crippen LogP contribution < -0.4 is 9.58 Å². The molecule has 7 heteroatoms. The lowest BCUT2D eigenvalue weighted by atomic mass is 10.3. The van der Waals surface area contributed by atoms with Crippen molar-refractivity contribution < 1.29 is 19.4 Å². The molecule has 1 aromatic heterocycles. The van der Waals surface area contributed by atoms with Crippen molar-refractivity contribution in [3.8, 4) is 11.8 Å². The Morgan fingerprint density at radius 1 is 1.59 bits per heavy atom. The van der Waals surface area contributed by atoms with Crippen LogP contribution in [0.2, 0.25) is 0 Å². The minimum absolute atomic E-state index is 0.111. The molecule has 1 fully saturated rings. The highest BCUT2D eigenvalue weighted by atomic mass is 16.6. The van der Waals surface area contributed by atoms with Crippen molar-refractivity contribution >= 4 is 11.0 Å². The van der Waals surface area contributed by atoms with Crippen LogP contribution in [0.1, 0.15) is 0 Å². The highest BCUT2D eigenvalue weighted by Crippen LogP contribution is 2.23. The second-order valence-corrected chi connectivity index (χ2v) is 3.67. The summed E-state index contributed by atoms with van der Waals surface area (Å²) < 4.78 is 10.5. The van der Waals surface area contributed by atoms with Crippen LogP contribution in [-0.4, -0.2) is 34.5 Å². The minimum atomic E-state index is -0.578. The molecule has 3 rings (SSSR count). The first-order valence-corrected chi connectivity index (χ1v) is 5.08. The van der Waals surface area contributed by atoms with Gasteiger partial charge in [-0.1, -0.05) is 6.07 Å². The molecule has 1 unspecified atom stereocenters. The topological polar surface area (TPSA) is 94.7 Å². The van der Waals surface area contributed by atoms with Gasteiger partial charge in [-0.2, -0.15) is 4.98 Å². The van der Waals surface area contributed by atoms with Crippen LogP contribution in [0.15, 0.2) is 18.2 Å². The molecular weight excluding hydrogens is 226 g/mol. The van der Waals surface area contributed by atoms with Crippen LogP contribution in [-0.2, 0) is 4.74 Å². The number of benzene rings is 1. The van der Waals surface area contributed by atoms with E-state index in [1.807, 2.05) is 0 Å². The van der Waals surface area contributed by atoms with Gasteiger partial charge in [0.05, 0.1) is 11.7 Å². The van der Waals surface area contributed by atoms with Gasteiger partial charge < -0.3 is 19.8 Å². The summed E-state index contributed by atoms with van der Waals surface area (Å²) in [5.74, 6) is 0.431. The zero-order valence-electron chi connectivity index (χ0n) is 8.74. The van der Waals surface area contributed by atoms with Crippen molar-refractivity contribution in [3.05, 3.63) is 23.4 Å². The smallest absolute Gasteiger partial charge is 0.378 e. The molecule has 0 bridgehead atoms. The Kier molecular flexibility index (Phi) is 2.19. The van der Waals surface area contributed by atoms with E-state index in [0.29, 0.717) is 23.8 Å². The number of hydrogen-bond donors (Lipinski definition) is 1. The summed E-state index contributed by atoms with van der Waals surface area (Å²) in [7, 11) is 0. The van der Waals surface area contributed by atoms with E-state index in [1.165, 1.54) is 0 Å². The van der Waals surface area contributed by atoms with Crippen LogP contribution in [0.3, 0.4) is 0 Å². The van der Waals surface area contributed by atoms with Gasteiger partial charge in [0, 0.05) is 6.07 Å². The molecule has 1 saturated heterocycles. The van der Waals surface area contributed by atoms with Crippen LogP contribution in [0.4, 0.5) is 0 Å². The molecule has 0 radical (unpaired) electrons. The summed E-state index contributed by atoms with van der Waals surface area (Å²) in [6.07, 6.45) is 0.111. The summed E-state index contributed by atoms with van der Waals surface area (Å²) in [5, 5.41) is 23.9. The first-order chi connectivity index (χ1) is 8.24. The van der Waals surface area contributed by atoms with Gasteiger partial charge in [-0.3, -0.25) is 0 Å². The van der Waals surface area contributed by atoms with Crippen LogP contribution in [0.5, 0.6) is 11.8 Å². The molecule has 1 aliphatic heterocycles. The molecule has 1 aliphatic rings. The van der Waals surface area contributed by atoms with Gasteiger partial charge in [0.1, 0.15) is 12.7 Å². The predicted octanol–water partition coefficient (Wildman–Crippen LogP) is -0.254. The maximum Gasteiger partial charge on any atom is 0.378 e. The largest absolute Gasteiger partial charge is 0.594 e. The van der Waals surface area contributed by atoms with Gasteiger partial charge in [-0.25, -0.2) is 0 Å². The lowest BCUT2D eigenvalue weighted by Crippen LogP contribution is -2.32. The highest BCUT2D eigenvalue weighted by Gasteiger charge is 2.24. The molecule has 2 aromatic rings. The van der Waals surface area contributed by atoms with E-state index in [1.54, 1.807) is 18.2 Å². The Morgan fingerprint density at radius 3 is 3.18 bits per heavy atom. The zero-order chi connectivity index (χ0) is 11.8. The second kappa shape index (κ2) is 3.70. The summed E-state index contributed by atoms with van der Waals surface area (Å²) >= 11 is 0. The van der Waals surface area contributed by atoms with E-state index in [-0.39, 0.29) is 17.1 Å². The maximum atomic E-state index is 11.4. The third-order valence-electron chi connectivity index (χ3n) is 2.40. The van der Waals surface area contributed by atoms with Gasteiger partial charge in [0.15, 0.2) is 11.3 Å². The normalized spacial score (nSPS) is 18.2. The van der Waals surface area contributed by atoms with E-state index in [2.05, 4.69) is 10.1 Å². The second-order valence-electron chi connectivity index (χ2n) is 3.67. The molecule has 17 heavy (non-hydrogen) atoms. The average molecular weight is 235 g/mol. The molecule has 1 aromatic carbocycles. The van der Waals surface area contributed by atoms with Crippen molar-refractivity contribution in [2.75, 3.05) is 13.2 Å². The Morgan fingerprint density at radius 2 is 2.41 bits per heavy atom.